The van der Waals surface area contributed by atoms with E-state index in [4.69, 9.17) is 4.74 Å². The average molecular weight is 616 g/mol. The van der Waals surface area contributed by atoms with Gasteiger partial charge in [-0.1, -0.05) is 23.5 Å². The lowest BCUT2D eigenvalue weighted by Crippen LogP contribution is -2.06. The second-order valence-electron chi connectivity index (χ2n) is 6.71. The molecule has 0 aliphatic carbocycles. The molecule has 174 valence electrons. The van der Waals surface area contributed by atoms with E-state index >= 15 is 0 Å². The monoisotopic (exact) mass is 614 g/mol. The van der Waals surface area contributed by atoms with Gasteiger partial charge in [-0.15, -0.1) is 0 Å². The highest BCUT2D eigenvalue weighted by molar-refractivity contribution is 9.11. The smallest absolute Gasteiger partial charge is 0.416 e. The summed E-state index contributed by atoms with van der Waals surface area (Å²) in [7, 11) is 0. The number of nitro benzene ring substituents is 1. The number of para-hydroxylation sites is 1. The number of alkyl halides is 3. The van der Waals surface area contributed by atoms with Crippen LogP contribution in [0.1, 0.15) is 11.1 Å². The number of hydrazone groups is 1. The van der Waals surface area contributed by atoms with Crippen molar-refractivity contribution in [3.05, 3.63) is 84.8 Å². The molecular formula is C21H11Br2F3N4O3S. The largest absolute Gasteiger partial charge is 0.448 e. The van der Waals surface area contributed by atoms with Crippen molar-refractivity contribution in [1.29, 1.82) is 0 Å². The molecule has 1 aromatic heterocycles. The normalized spacial score (nSPS) is 11.8. The van der Waals surface area contributed by atoms with E-state index in [1.165, 1.54) is 17.6 Å². The second kappa shape index (κ2) is 9.68. The van der Waals surface area contributed by atoms with Gasteiger partial charge in [-0.05, 0) is 73.8 Å². The Hall–Kier alpha value is -3.03. The summed E-state index contributed by atoms with van der Waals surface area (Å²) in [6.07, 6.45) is -3.18. The molecule has 34 heavy (non-hydrogen) atoms. The first-order valence-corrected chi connectivity index (χ1v) is 11.7. The van der Waals surface area contributed by atoms with Crippen LogP contribution < -0.4 is 10.2 Å². The minimum absolute atomic E-state index is 0.152. The van der Waals surface area contributed by atoms with E-state index in [9.17, 15) is 23.3 Å². The number of anilines is 1. The summed E-state index contributed by atoms with van der Waals surface area (Å²) in [4.78, 5) is 14.8. The van der Waals surface area contributed by atoms with Gasteiger partial charge in [-0.25, -0.2) is 4.98 Å². The van der Waals surface area contributed by atoms with Crippen LogP contribution in [0.25, 0.3) is 10.2 Å². The maximum absolute atomic E-state index is 12.9. The molecule has 13 heteroatoms. The molecule has 0 aliphatic rings. The van der Waals surface area contributed by atoms with E-state index in [1.54, 1.807) is 12.1 Å². The van der Waals surface area contributed by atoms with E-state index in [2.05, 4.69) is 47.4 Å². The molecule has 4 rings (SSSR count). The van der Waals surface area contributed by atoms with E-state index in [0.29, 0.717) is 25.7 Å². The Morgan fingerprint density at radius 2 is 1.82 bits per heavy atom. The summed E-state index contributed by atoms with van der Waals surface area (Å²) >= 11 is 8.10. The number of nitrogens with zero attached hydrogens (tertiary/aromatic N) is 3. The van der Waals surface area contributed by atoms with Crippen LogP contribution in [0.4, 0.5) is 24.0 Å². The van der Waals surface area contributed by atoms with Crippen molar-refractivity contribution in [2.45, 2.75) is 6.18 Å². The zero-order valence-electron chi connectivity index (χ0n) is 16.6. The first kappa shape index (κ1) is 24.1. The number of nitro groups is 1. The van der Waals surface area contributed by atoms with Crippen LogP contribution in [0, 0.1) is 10.1 Å². The number of nitrogens with one attached hydrogen (secondary N) is 1. The minimum atomic E-state index is -4.72. The SMILES string of the molecule is O=[N+]([O-])c1cc(C(F)(F)F)ccc1Oc1c(Br)cc(/C=N/Nc2nc3ccccc3s2)cc1Br. The molecule has 0 spiro atoms. The molecule has 0 saturated carbocycles. The average Bonchev–Trinajstić information content (AvgIpc) is 3.18. The molecule has 0 aliphatic heterocycles. The molecule has 0 bridgehead atoms. The lowest BCUT2D eigenvalue weighted by Gasteiger charge is -2.12. The van der Waals surface area contributed by atoms with Crippen LogP contribution in [0.2, 0.25) is 0 Å². The predicted molar refractivity (Wildman–Crippen MR) is 131 cm³/mol. The van der Waals surface area contributed by atoms with Crippen LogP contribution in [-0.2, 0) is 6.18 Å². The maximum atomic E-state index is 12.9. The van der Waals surface area contributed by atoms with Crippen molar-refractivity contribution < 1.29 is 22.8 Å². The third kappa shape index (κ3) is 5.37. The van der Waals surface area contributed by atoms with Gasteiger partial charge in [-0.3, -0.25) is 15.5 Å². The summed E-state index contributed by atoms with van der Waals surface area (Å²) in [5, 5.41) is 16.1. The summed E-state index contributed by atoms with van der Waals surface area (Å²) in [5.41, 5.74) is 2.41. The third-order valence-electron chi connectivity index (χ3n) is 4.38. The molecular weight excluding hydrogens is 605 g/mol. The van der Waals surface area contributed by atoms with Crippen molar-refractivity contribution in [3.8, 4) is 11.5 Å². The van der Waals surface area contributed by atoms with Crippen LogP contribution in [0.3, 0.4) is 0 Å². The second-order valence-corrected chi connectivity index (χ2v) is 9.45. The van der Waals surface area contributed by atoms with E-state index in [-0.39, 0.29) is 11.5 Å². The van der Waals surface area contributed by atoms with Crippen LogP contribution in [0.5, 0.6) is 11.5 Å². The van der Waals surface area contributed by atoms with Crippen molar-refractivity contribution in [1.82, 2.24) is 4.98 Å². The maximum Gasteiger partial charge on any atom is 0.416 e. The van der Waals surface area contributed by atoms with Gasteiger partial charge in [0.25, 0.3) is 0 Å². The van der Waals surface area contributed by atoms with Crippen molar-refractivity contribution in [3.63, 3.8) is 0 Å². The number of thiazole rings is 1. The Morgan fingerprint density at radius 3 is 2.47 bits per heavy atom. The van der Waals surface area contributed by atoms with Gasteiger partial charge in [0.2, 0.25) is 10.9 Å². The van der Waals surface area contributed by atoms with Crippen LogP contribution in [0.15, 0.2) is 68.6 Å². The number of aromatic nitrogens is 1. The Balaban J connectivity index is 1.54. The number of benzene rings is 3. The molecule has 0 fully saturated rings. The topological polar surface area (TPSA) is 89.7 Å². The number of ether oxygens (including phenoxy) is 1. The van der Waals surface area contributed by atoms with Gasteiger partial charge in [0.15, 0.2) is 5.75 Å². The van der Waals surface area contributed by atoms with E-state index < -0.39 is 22.4 Å². The number of hydrogen-bond acceptors (Lipinski definition) is 7. The van der Waals surface area contributed by atoms with Gasteiger partial charge in [0, 0.05) is 6.07 Å². The molecule has 1 N–H and O–H groups in total. The lowest BCUT2D eigenvalue weighted by molar-refractivity contribution is -0.385. The molecule has 1 heterocycles. The fourth-order valence-electron chi connectivity index (χ4n) is 2.87. The Kier molecular flexibility index (Phi) is 6.86. The van der Waals surface area contributed by atoms with Crippen molar-refractivity contribution >= 4 is 70.4 Å². The molecule has 0 amide bonds. The molecule has 0 unspecified atom stereocenters. The first-order valence-electron chi connectivity index (χ1n) is 9.29. The quantitative estimate of drug-likeness (QED) is 0.135. The minimum Gasteiger partial charge on any atom is -0.448 e. The van der Waals surface area contributed by atoms with E-state index in [0.717, 1.165) is 22.3 Å². The third-order valence-corrected chi connectivity index (χ3v) is 6.50. The van der Waals surface area contributed by atoms with Gasteiger partial charge in [0.1, 0.15) is 0 Å². The van der Waals surface area contributed by atoms with Gasteiger partial charge >= 0.3 is 11.9 Å². The van der Waals surface area contributed by atoms with Gasteiger partial charge in [-0.2, -0.15) is 18.3 Å². The molecule has 0 atom stereocenters. The summed E-state index contributed by atoms with van der Waals surface area (Å²) in [5.74, 6) is -0.183. The highest BCUT2D eigenvalue weighted by Crippen LogP contribution is 2.42. The lowest BCUT2D eigenvalue weighted by atomic mass is 10.2. The first-order chi connectivity index (χ1) is 16.1. The molecule has 3 aromatic carbocycles. The zero-order valence-corrected chi connectivity index (χ0v) is 20.6. The van der Waals surface area contributed by atoms with Crippen LogP contribution in [-0.4, -0.2) is 16.1 Å². The Labute approximate surface area is 210 Å². The summed E-state index contributed by atoms with van der Waals surface area (Å²) < 4.78 is 46.2. The Morgan fingerprint density at radius 1 is 1.12 bits per heavy atom. The van der Waals surface area contributed by atoms with Crippen molar-refractivity contribution in [2.75, 3.05) is 5.43 Å². The fraction of sp³-hybridized carbons (Fsp3) is 0.0476. The summed E-state index contributed by atoms with van der Waals surface area (Å²) in [6.45, 7) is 0. The molecule has 4 aromatic rings. The molecule has 7 nitrogen and oxygen atoms in total. The molecule has 0 radical (unpaired) electrons. The summed E-state index contributed by atoms with van der Waals surface area (Å²) in [6, 6.07) is 13.0. The predicted octanol–water partition coefficient (Wildman–Crippen LogP) is 7.99. The number of halogens is 5. The zero-order chi connectivity index (χ0) is 24.5. The van der Waals surface area contributed by atoms with Crippen molar-refractivity contribution in [2.24, 2.45) is 5.10 Å². The number of fused-ring (bicyclic) bond motifs is 1. The highest BCUT2D eigenvalue weighted by atomic mass is 79.9. The molecule has 0 saturated heterocycles. The Bertz CT molecular complexity index is 1370. The number of rotatable bonds is 6. The van der Waals surface area contributed by atoms with Gasteiger partial charge in [0.05, 0.1) is 35.9 Å². The number of hydrogen-bond donors (Lipinski definition) is 1. The fourth-order valence-corrected chi connectivity index (χ4v) is 5.07. The highest BCUT2D eigenvalue weighted by Gasteiger charge is 2.33. The van der Waals surface area contributed by atoms with Crippen LogP contribution >= 0.6 is 43.2 Å². The standard InChI is InChI=1S/C21H11Br2F3N4O3S/c22-13-7-11(10-27-29-20-28-15-3-1-2-4-18(15)34-20)8-14(23)19(13)33-17-6-5-12(21(24,25)26)9-16(17)30(31)32/h1-10H,(H,28,29)/b27-10+. The van der Waals surface area contributed by atoms with Gasteiger partial charge < -0.3 is 4.74 Å². The van der Waals surface area contributed by atoms with E-state index in [1.807, 2.05) is 24.3 Å².